The fourth-order valence-electron chi connectivity index (χ4n) is 3.50. The number of rotatable bonds is 5. The van der Waals surface area contributed by atoms with Gasteiger partial charge in [0.2, 0.25) is 0 Å². The lowest BCUT2D eigenvalue weighted by atomic mass is 10.1. The molecule has 3 aromatic carbocycles. The van der Waals surface area contributed by atoms with E-state index in [4.69, 9.17) is 16.3 Å². The van der Waals surface area contributed by atoms with Crippen LogP contribution in [0.4, 0.5) is 0 Å². The zero-order valence-electron chi connectivity index (χ0n) is 16.1. The number of benzene rings is 3. The third kappa shape index (κ3) is 5.17. The van der Waals surface area contributed by atoms with E-state index >= 15 is 0 Å². The first-order chi connectivity index (χ1) is 14.2. The summed E-state index contributed by atoms with van der Waals surface area (Å²) in [4.78, 5) is 17.2. The van der Waals surface area contributed by atoms with E-state index in [1.165, 1.54) is 5.56 Å². The predicted octanol–water partition coefficient (Wildman–Crippen LogP) is 5.09. The molecule has 3 aromatic rings. The molecule has 1 aliphatic rings. The van der Waals surface area contributed by atoms with Crippen LogP contribution in [-0.4, -0.2) is 41.9 Å². The van der Waals surface area contributed by atoms with Gasteiger partial charge in [0.05, 0.1) is 0 Å². The van der Waals surface area contributed by atoms with Gasteiger partial charge < -0.3 is 9.64 Å². The molecule has 1 fully saturated rings. The van der Waals surface area contributed by atoms with Crippen molar-refractivity contribution < 1.29 is 9.53 Å². The molecule has 0 atom stereocenters. The van der Waals surface area contributed by atoms with E-state index in [1.54, 1.807) is 0 Å². The summed E-state index contributed by atoms with van der Waals surface area (Å²) in [6.07, 6.45) is 0. The molecule has 1 amide bonds. The van der Waals surface area contributed by atoms with Gasteiger partial charge in [-0.15, -0.1) is 0 Å². The predicted molar refractivity (Wildman–Crippen MR) is 116 cm³/mol. The van der Waals surface area contributed by atoms with Crippen LogP contribution in [0.15, 0.2) is 78.9 Å². The molecule has 0 aliphatic carbocycles. The minimum atomic E-state index is 0.0471. The van der Waals surface area contributed by atoms with Crippen molar-refractivity contribution in [3.05, 3.63) is 95.0 Å². The molecule has 0 unspecified atom stereocenters. The Morgan fingerprint density at radius 3 is 2.31 bits per heavy atom. The Morgan fingerprint density at radius 1 is 0.828 bits per heavy atom. The molecule has 1 saturated heterocycles. The average Bonchev–Trinajstić information content (AvgIpc) is 2.75. The Hall–Kier alpha value is -2.82. The normalized spacial score (nSPS) is 14.6. The molecule has 0 radical (unpaired) electrons. The van der Waals surface area contributed by atoms with Gasteiger partial charge in [-0.2, -0.15) is 0 Å². The largest absolute Gasteiger partial charge is 0.457 e. The number of carbonyl (C=O) groups excluding carboxylic acids is 1. The second-order valence-corrected chi connectivity index (χ2v) is 7.58. The first kappa shape index (κ1) is 19.5. The van der Waals surface area contributed by atoms with Crippen molar-refractivity contribution in [2.75, 3.05) is 26.2 Å². The van der Waals surface area contributed by atoms with E-state index in [1.807, 2.05) is 77.7 Å². The molecular weight excluding hydrogens is 384 g/mol. The first-order valence-electron chi connectivity index (χ1n) is 9.76. The van der Waals surface area contributed by atoms with Gasteiger partial charge in [0, 0.05) is 43.3 Å². The fourth-order valence-corrected chi connectivity index (χ4v) is 3.72. The second kappa shape index (κ2) is 9.12. The fraction of sp³-hybridized carbons (Fsp3) is 0.208. The molecule has 0 aromatic heterocycles. The highest BCUT2D eigenvalue weighted by atomic mass is 35.5. The van der Waals surface area contributed by atoms with Crippen LogP contribution >= 0.6 is 11.6 Å². The van der Waals surface area contributed by atoms with Gasteiger partial charge in [0.15, 0.2) is 0 Å². The number of carbonyl (C=O) groups is 1. The minimum absolute atomic E-state index is 0.0471. The van der Waals surface area contributed by atoms with E-state index in [9.17, 15) is 4.79 Å². The van der Waals surface area contributed by atoms with Crippen molar-refractivity contribution in [3.8, 4) is 11.5 Å². The van der Waals surface area contributed by atoms with E-state index in [-0.39, 0.29) is 5.91 Å². The Labute approximate surface area is 176 Å². The van der Waals surface area contributed by atoms with Crippen LogP contribution in [0, 0.1) is 0 Å². The molecule has 0 spiro atoms. The van der Waals surface area contributed by atoms with Gasteiger partial charge in [-0.05, 0) is 48.0 Å². The number of halogens is 1. The number of ether oxygens (including phenoxy) is 1. The molecular formula is C24H23ClN2O2. The molecule has 148 valence electrons. The zero-order valence-corrected chi connectivity index (χ0v) is 16.9. The third-order valence-electron chi connectivity index (χ3n) is 5.01. The standard InChI is InChI=1S/C24H23ClN2O2/c25-21-8-4-6-19(16-21)18-26-12-14-27(15-13-26)24(28)20-7-5-11-23(17-20)29-22-9-2-1-3-10-22/h1-11,16-17H,12-15,18H2. The van der Waals surface area contributed by atoms with Crippen molar-refractivity contribution in [1.82, 2.24) is 9.80 Å². The topological polar surface area (TPSA) is 32.8 Å². The summed E-state index contributed by atoms with van der Waals surface area (Å²) >= 11 is 6.08. The van der Waals surface area contributed by atoms with Crippen molar-refractivity contribution in [3.63, 3.8) is 0 Å². The highest BCUT2D eigenvalue weighted by Crippen LogP contribution is 2.23. The van der Waals surface area contributed by atoms with Gasteiger partial charge in [0.1, 0.15) is 11.5 Å². The maximum absolute atomic E-state index is 12.9. The van der Waals surface area contributed by atoms with Crippen molar-refractivity contribution >= 4 is 17.5 Å². The monoisotopic (exact) mass is 406 g/mol. The van der Waals surface area contributed by atoms with Crippen molar-refractivity contribution in [1.29, 1.82) is 0 Å². The van der Waals surface area contributed by atoms with Crippen LogP contribution < -0.4 is 4.74 Å². The number of nitrogens with zero attached hydrogens (tertiary/aromatic N) is 2. The molecule has 29 heavy (non-hydrogen) atoms. The minimum Gasteiger partial charge on any atom is -0.457 e. The Kier molecular flexibility index (Phi) is 6.13. The van der Waals surface area contributed by atoms with E-state index in [0.717, 1.165) is 30.4 Å². The molecule has 4 rings (SSSR count). The van der Waals surface area contributed by atoms with Gasteiger partial charge in [0.25, 0.3) is 5.91 Å². The summed E-state index contributed by atoms with van der Waals surface area (Å²) < 4.78 is 5.86. The third-order valence-corrected chi connectivity index (χ3v) is 5.25. The van der Waals surface area contributed by atoms with Crippen molar-refractivity contribution in [2.45, 2.75) is 6.54 Å². The van der Waals surface area contributed by atoms with Crippen LogP contribution in [0.2, 0.25) is 5.02 Å². The van der Waals surface area contributed by atoms with Crippen molar-refractivity contribution in [2.24, 2.45) is 0 Å². The van der Waals surface area contributed by atoms with Crippen LogP contribution in [0.3, 0.4) is 0 Å². The van der Waals surface area contributed by atoms with E-state index in [0.29, 0.717) is 24.4 Å². The number of amides is 1. The summed E-state index contributed by atoms with van der Waals surface area (Å²) in [6.45, 7) is 3.96. The summed E-state index contributed by atoms with van der Waals surface area (Å²) in [5.41, 5.74) is 1.85. The number of hydrogen-bond donors (Lipinski definition) is 0. The van der Waals surface area contributed by atoms with Crippen LogP contribution in [0.5, 0.6) is 11.5 Å². The summed E-state index contributed by atoms with van der Waals surface area (Å²) in [5.74, 6) is 1.47. The molecule has 4 nitrogen and oxygen atoms in total. The Morgan fingerprint density at radius 2 is 1.55 bits per heavy atom. The SMILES string of the molecule is O=C(c1cccc(Oc2ccccc2)c1)N1CCN(Cc2cccc(Cl)c2)CC1. The van der Waals surface area contributed by atoms with Crippen LogP contribution in [0.1, 0.15) is 15.9 Å². The van der Waals surface area contributed by atoms with Crippen LogP contribution in [-0.2, 0) is 6.54 Å². The van der Waals surface area contributed by atoms with E-state index in [2.05, 4.69) is 11.0 Å². The quantitative estimate of drug-likeness (QED) is 0.591. The lowest BCUT2D eigenvalue weighted by Gasteiger charge is -2.34. The molecule has 0 bridgehead atoms. The van der Waals surface area contributed by atoms with Gasteiger partial charge >= 0.3 is 0 Å². The molecule has 1 heterocycles. The lowest BCUT2D eigenvalue weighted by Crippen LogP contribution is -2.48. The molecule has 5 heteroatoms. The maximum atomic E-state index is 12.9. The number of para-hydroxylation sites is 1. The van der Waals surface area contributed by atoms with Gasteiger partial charge in [-0.3, -0.25) is 9.69 Å². The number of piperazine rings is 1. The van der Waals surface area contributed by atoms with Crippen LogP contribution in [0.25, 0.3) is 0 Å². The van der Waals surface area contributed by atoms with Gasteiger partial charge in [-0.1, -0.05) is 48.0 Å². The highest BCUT2D eigenvalue weighted by Gasteiger charge is 2.22. The molecule has 1 aliphatic heterocycles. The highest BCUT2D eigenvalue weighted by molar-refractivity contribution is 6.30. The van der Waals surface area contributed by atoms with Gasteiger partial charge in [-0.25, -0.2) is 0 Å². The Balaban J connectivity index is 1.35. The molecule has 0 N–H and O–H groups in total. The molecule has 0 saturated carbocycles. The Bertz CT molecular complexity index is 969. The summed E-state index contributed by atoms with van der Waals surface area (Å²) in [5, 5.41) is 0.758. The maximum Gasteiger partial charge on any atom is 0.254 e. The van der Waals surface area contributed by atoms with E-state index < -0.39 is 0 Å². The first-order valence-corrected chi connectivity index (χ1v) is 10.1. The zero-order chi connectivity index (χ0) is 20.1. The summed E-state index contributed by atoms with van der Waals surface area (Å²) in [6, 6.07) is 24.9. The average molecular weight is 407 g/mol. The number of hydrogen-bond acceptors (Lipinski definition) is 3. The smallest absolute Gasteiger partial charge is 0.254 e. The summed E-state index contributed by atoms with van der Waals surface area (Å²) in [7, 11) is 0. The second-order valence-electron chi connectivity index (χ2n) is 7.14. The lowest BCUT2D eigenvalue weighted by molar-refractivity contribution is 0.0628.